The monoisotopic (exact) mass is 264 g/mol. The number of ether oxygens (including phenoxy) is 1. The number of methoxy groups -OCH3 is 1. The van der Waals surface area contributed by atoms with Crippen molar-refractivity contribution >= 4 is 11.6 Å². The minimum atomic E-state index is 0.0447. The number of para-hydroxylation sites is 1. The first-order chi connectivity index (χ1) is 9.10. The Bertz CT molecular complexity index is 405. The molecule has 0 fully saturated rings. The number of nitrogens with one attached hydrogen (secondary N) is 1. The molecule has 1 rings (SSSR count). The van der Waals surface area contributed by atoms with Crippen molar-refractivity contribution in [3.05, 3.63) is 29.8 Å². The van der Waals surface area contributed by atoms with Gasteiger partial charge in [-0.15, -0.1) is 0 Å². The van der Waals surface area contributed by atoms with Crippen LogP contribution in [-0.4, -0.2) is 43.7 Å². The second-order valence-corrected chi connectivity index (χ2v) is 4.72. The molecule has 19 heavy (non-hydrogen) atoms. The van der Waals surface area contributed by atoms with Gasteiger partial charge in [-0.05, 0) is 32.9 Å². The lowest BCUT2D eigenvalue weighted by molar-refractivity contribution is 0.0707. The van der Waals surface area contributed by atoms with Crippen molar-refractivity contribution in [2.75, 3.05) is 32.1 Å². The molecule has 0 aliphatic rings. The molecule has 1 aromatic carbocycles. The average molecular weight is 264 g/mol. The molecule has 0 aliphatic carbocycles. The van der Waals surface area contributed by atoms with Crippen molar-refractivity contribution in [3.63, 3.8) is 0 Å². The van der Waals surface area contributed by atoms with Gasteiger partial charge >= 0.3 is 0 Å². The van der Waals surface area contributed by atoms with E-state index in [9.17, 15) is 4.79 Å². The van der Waals surface area contributed by atoms with E-state index in [1.807, 2.05) is 31.2 Å². The van der Waals surface area contributed by atoms with E-state index in [0.29, 0.717) is 31.3 Å². The van der Waals surface area contributed by atoms with E-state index in [1.165, 1.54) is 0 Å². The van der Waals surface area contributed by atoms with Gasteiger partial charge in [0.2, 0.25) is 0 Å². The van der Waals surface area contributed by atoms with Gasteiger partial charge in [0.05, 0.1) is 12.2 Å². The summed E-state index contributed by atoms with van der Waals surface area (Å²) in [6, 6.07) is 7.93. The fourth-order valence-corrected chi connectivity index (χ4v) is 1.88. The van der Waals surface area contributed by atoms with Gasteiger partial charge in [-0.1, -0.05) is 12.1 Å². The molecule has 0 saturated heterocycles. The van der Waals surface area contributed by atoms with E-state index >= 15 is 0 Å². The minimum absolute atomic E-state index is 0.0447. The van der Waals surface area contributed by atoms with E-state index < -0.39 is 0 Å². The number of amides is 1. The fraction of sp³-hybridized carbons (Fsp3) is 0.533. The first-order valence-electron chi connectivity index (χ1n) is 6.73. The smallest absolute Gasteiger partial charge is 0.256 e. The third-order valence-corrected chi connectivity index (χ3v) is 2.84. The van der Waals surface area contributed by atoms with Crippen molar-refractivity contribution in [1.82, 2.24) is 4.90 Å². The molecule has 0 bridgehead atoms. The predicted molar refractivity (Wildman–Crippen MR) is 78.7 cm³/mol. The number of hydrogen-bond acceptors (Lipinski definition) is 3. The molecule has 0 heterocycles. The molecule has 4 heteroatoms. The number of anilines is 1. The third-order valence-electron chi connectivity index (χ3n) is 2.84. The molecular formula is C15H24N2O2. The summed E-state index contributed by atoms with van der Waals surface area (Å²) in [5.41, 5.74) is 1.60. The summed E-state index contributed by atoms with van der Waals surface area (Å²) in [5.74, 6) is 0.0447. The Labute approximate surface area is 115 Å². The number of carbonyl (C=O) groups is 1. The third kappa shape index (κ3) is 4.56. The Morgan fingerprint density at radius 2 is 2.05 bits per heavy atom. The number of benzene rings is 1. The molecule has 4 nitrogen and oxygen atoms in total. The van der Waals surface area contributed by atoms with E-state index in [1.54, 1.807) is 12.0 Å². The van der Waals surface area contributed by atoms with E-state index in [4.69, 9.17) is 4.74 Å². The Morgan fingerprint density at radius 1 is 1.37 bits per heavy atom. The van der Waals surface area contributed by atoms with Crippen LogP contribution in [0.1, 0.15) is 31.1 Å². The zero-order valence-electron chi connectivity index (χ0n) is 12.3. The van der Waals surface area contributed by atoms with Crippen LogP contribution >= 0.6 is 0 Å². The summed E-state index contributed by atoms with van der Waals surface area (Å²) < 4.78 is 5.05. The fourth-order valence-electron chi connectivity index (χ4n) is 1.88. The van der Waals surface area contributed by atoms with Gasteiger partial charge in [0.25, 0.3) is 5.91 Å². The molecule has 0 radical (unpaired) electrons. The maximum atomic E-state index is 12.5. The van der Waals surface area contributed by atoms with Crippen LogP contribution < -0.4 is 5.32 Å². The second-order valence-electron chi connectivity index (χ2n) is 4.72. The van der Waals surface area contributed by atoms with Crippen molar-refractivity contribution < 1.29 is 9.53 Å². The summed E-state index contributed by atoms with van der Waals surface area (Å²) in [6.45, 7) is 7.94. The van der Waals surface area contributed by atoms with Gasteiger partial charge in [0, 0.05) is 31.9 Å². The SMILES string of the molecule is CCN(CCOC)C(=O)c1ccccc1NC(C)C. The average Bonchev–Trinajstić information content (AvgIpc) is 2.39. The first-order valence-corrected chi connectivity index (χ1v) is 6.73. The maximum Gasteiger partial charge on any atom is 0.256 e. The molecule has 0 atom stereocenters. The summed E-state index contributed by atoms with van der Waals surface area (Å²) in [5, 5.41) is 3.31. The number of likely N-dealkylation sites (N-methyl/N-ethyl adjacent to an activating group) is 1. The Hall–Kier alpha value is -1.55. The van der Waals surface area contributed by atoms with Gasteiger partial charge < -0.3 is 15.0 Å². The molecule has 0 saturated carbocycles. The lowest BCUT2D eigenvalue weighted by Gasteiger charge is -2.22. The molecule has 1 amide bonds. The van der Waals surface area contributed by atoms with Crippen LogP contribution in [0, 0.1) is 0 Å². The van der Waals surface area contributed by atoms with Crippen LogP contribution in [0.15, 0.2) is 24.3 Å². The first kappa shape index (κ1) is 15.5. The Balaban J connectivity index is 2.90. The molecule has 0 aliphatic heterocycles. The number of carbonyl (C=O) groups excluding carboxylic acids is 1. The second kappa shape index (κ2) is 7.79. The molecule has 0 unspecified atom stereocenters. The number of hydrogen-bond donors (Lipinski definition) is 1. The number of rotatable bonds is 7. The predicted octanol–water partition coefficient (Wildman–Crippen LogP) is 2.62. The molecular weight excluding hydrogens is 240 g/mol. The topological polar surface area (TPSA) is 41.6 Å². The zero-order chi connectivity index (χ0) is 14.3. The molecule has 1 N–H and O–H groups in total. The molecule has 1 aromatic rings. The van der Waals surface area contributed by atoms with Crippen LogP contribution in [0.5, 0.6) is 0 Å². The van der Waals surface area contributed by atoms with Crippen LogP contribution in [0.3, 0.4) is 0 Å². The van der Waals surface area contributed by atoms with Gasteiger partial charge in [-0.2, -0.15) is 0 Å². The molecule has 0 aromatic heterocycles. The van der Waals surface area contributed by atoms with Crippen molar-refractivity contribution in [1.29, 1.82) is 0 Å². The standard InChI is InChI=1S/C15H24N2O2/c1-5-17(10-11-19-4)15(18)13-8-6-7-9-14(13)16-12(2)3/h6-9,12,16H,5,10-11H2,1-4H3. The minimum Gasteiger partial charge on any atom is -0.383 e. The van der Waals surface area contributed by atoms with E-state index in [2.05, 4.69) is 19.2 Å². The van der Waals surface area contributed by atoms with Crippen molar-refractivity contribution in [2.24, 2.45) is 0 Å². The molecule has 106 valence electrons. The molecule has 0 spiro atoms. The Morgan fingerprint density at radius 3 is 2.63 bits per heavy atom. The highest BCUT2D eigenvalue weighted by atomic mass is 16.5. The largest absolute Gasteiger partial charge is 0.383 e. The Kier molecular flexibility index (Phi) is 6.36. The number of nitrogens with zero attached hydrogens (tertiary/aromatic N) is 1. The van der Waals surface area contributed by atoms with Crippen molar-refractivity contribution in [3.8, 4) is 0 Å². The van der Waals surface area contributed by atoms with Crippen LogP contribution in [0.2, 0.25) is 0 Å². The van der Waals surface area contributed by atoms with Gasteiger partial charge in [0.1, 0.15) is 0 Å². The highest BCUT2D eigenvalue weighted by Gasteiger charge is 2.17. The van der Waals surface area contributed by atoms with Gasteiger partial charge in [-0.3, -0.25) is 4.79 Å². The lowest BCUT2D eigenvalue weighted by Crippen LogP contribution is -2.34. The highest BCUT2D eigenvalue weighted by Crippen LogP contribution is 2.18. The van der Waals surface area contributed by atoms with Crippen LogP contribution in [-0.2, 0) is 4.74 Å². The zero-order valence-corrected chi connectivity index (χ0v) is 12.3. The summed E-state index contributed by atoms with van der Waals surface area (Å²) in [4.78, 5) is 14.3. The summed E-state index contributed by atoms with van der Waals surface area (Å²) in [7, 11) is 1.65. The van der Waals surface area contributed by atoms with Crippen LogP contribution in [0.25, 0.3) is 0 Å². The quantitative estimate of drug-likeness (QED) is 0.823. The van der Waals surface area contributed by atoms with E-state index in [0.717, 1.165) is 5.69 Å². The van der Waals surface area contributed by atoms with Crippen molar-refractivity contribution in [2.45, 2.75) is 26.8 Å². The highest BCUT2D eigenvalue weighted by molar-refractivity contribution is 5.99. The van der Waals surface area contributed by atoms with Gasteiger partial charge in [-0.25, -0.2) is 0 Å². The van der Waals surface area contributed by atoms with Crippen LogP contribution in [0.4, 0.5) is 5.69 Å². The summed E-state index contributed by atoms with van der Waals surface area (Å²) in [6.07, 6.45) is 0. The normalized spacial score (nSPS) is 10.6. The maximum absolute atomic E-state index is 12.5. The lowest BCUT2D eigenvalue weighted by atomic mass is 10.1. The summed E-state index contributed by atoms with van der Waals surface area (Å²) >= 11 is 0. The van der Waals surface area contributed by atoms with E-state index in [-0.39, 0.29) is 5.91 Å². The van der Waals surface area contributed by atoms with Gasteiger partial charge in [0.15, 0.2) is 0 Å².